The summed E-state index contributed by atoms with van der Waals surface area (Å²) in [5.74, 6) is 0. The molecular formula is C20H23N3. The molecule has 0 radical (unpaired) electrons. The van der Waals surface area contributed by atoms with Crippen LogP contribution in [-0.2, 0) is 25.9 Å². The van der Waals surface area contributed by atoms with Gasteiger partial charge in [-0.2, -0.15) is 0 Å². The SMILES string of the molecule is Cc1ccc2c(c1)c1c(n2CCc2ccncc2)CC(C)NC1. The van der Waals surface area contributed by atoms with Gasteiger partial charge in [-0.3, -0.25) is 4.98 Å². The highest BCUT2D eigenvalue weighted by Gasteiger charge is 2.22. The maximum Gasteiger partial charge on any atom is 0.0486 e. The summed E-state index contributed by atoms with van der Waals surface area (Å²) < 4.78 is 2.54. The molecule has 0 saturated heterocycles. The number of nitrogens with zero attached hydrogens (tertiary/aromatic N) is 2. The third-order valence-corrected chi connectivity index (χ3v) is 4.94. The molecule has 4 rings (SSSR count). The first-order valence-electron chi connectivity index (χ1n) is 8.45. The Morgan fingerprint density at radius 3 is 2.87 bits per heavy atom. The lowest BCUT2D eigenvalue weighted by atomic mass is 10.0. The third kappa shape index (κ3) is 2.66. The fraction of sp³-hybridized carbons (Fsp3) is 0.350. The molecule has 1 aromatic carbocycles. The van der Waals surface area contributed by atoms with Gasteiger partial charge in [0.15, 0.2) is 0 Å². The molecule has 3 aromatic rings. The van der Waals surface area contributed by atoms with E-state index >= 15 is 0 Å². The minimum absolute atomic E-state index is 0.549. The van der Waals surface area contributed by atoms with E-state index in [1.807, 2.05) is 12.4 Å². The number of fused-ring (bicyclic) bond motifs is 3. The number of aryl methyl sites for hydroxylation is 3. The normalized spacial score (nSPS) is 17.4. The lowest BCUT2D eigenvalue weighted by molar-refractivity contribution is 0.492. The molecule has 0 bridgehead atoms. The summed E-state index contributed by atoms with van der Waals surface area (Å²) in [6.07, 6.45) is 5.93. The molecule has 0 saturated carbocycles. The van der Waals surface area contributed by atoms with Crippen LogP contribution < -0.4 is 5.32 Å². The summed E-state index contributed by atoms with van der Waals surface area (Å²) in [6, 6.07) is 11.6. The maximum atomic E-state index is 4.12. The molecule has 1 unspecified atom stereocenters. The van der Waals surface area contributed by atoms with E-state index in [2.05, 4.69) is 59.0 Å². The number of aromatic nitrogens is 2. The van der Waals surface area contributed by atoms with E-state index in [-0.39, 0.29) is 0 Å². The van der Waals surface area contributed by atoms with Gasteiger partial charge in [0.05, 0.1) is 0 Å². The Morgan fingerprint density at radius 2 is 2.04 bits per heavy atom. The predicted molar refractivity (Wildman–Crippen MR) is 94.6 cm³/mol. The molecule has 1 aliphatic rings. The third-order valence-electron chi connectivity index (χ3n) is 4.94. The van der Waals surface area contributed by atoms with Crippen molar-refractivity contribution in [2.45, 2.75) is 45.8 Å². The van der Waals surface area contributed by atoms with Crippen molar-refractivity contribution in [3.63, 3.8) is 0 Å². The van der Waals surface area contributed by atoms with Gasteiger partial charge in [0.2, 0.25) is 0 Å². The second-order valence-electron chi connectivity index (χ2n) is 6.69. The first kappa shape index (κ1) is 14.5. The van der Waals surface area contributed by atoms with Crippen LogP contribution in [0.25, 0.3) is 10.9 Å². The molecule has 2 aromatic heterocycles. The van der Waals surface area contributed by atoms with E-state index in [0.717, 1.165) is 25.9 Å². The van der Waals surface area contributed by atoms with Crippen molar-refractivity contribution in [1.82, 2.24) is 14.9 Å². The van der Waals surface area contributed by atoms with Gasteiger partial charge in [-0.15, -0.1) is 0 Å². The van der Waals surface area contributed by atoms with Gasteiger partial charge in [-0.05, 0) is 55.7 Å². The smallest absolute Gasteiger partial charge is 0.0486 e. The van der Waals surface area contributed by atoms with Crippen LogP contribution in [0.5, 0.6) is 0 Å². The molecular weight excluding hydrogens is 282 g/mol. The molecule has 0 aliphatic carbocycles. The summed E-state index contributed by atoms with van der Waals surface area (Å²) in [6.45, 7) is 6.47. The molecule has 0 spiro atoms. The molecule has 118 valence electrons. The van der Waals surface area contributed by atoms with E-state index < -0.39 is 0 Å². The molecule has 1 N–H and O–H groups in total. The van der Waals surface area contributed by atoms with E-state index in [1.165, 1.54) is 33.3 Å². The van der Waals surface area contributed by atoms with Gasteiger partial charge in [0, 0.05) is 54.5 Å². The number of nitrogens with one attached hydrogen (secondary N) is 1. The minimum atomic E-state index is 0.549. The zero-order valence-corrected chi connectivity index (χ0v) is 13.8. The van der Waals surface area contributed by atoms with Crippen LogP contribution in [0, 0.1) is 6.92 Å². The first-order chi connectivity index (χ1) is 11.2. The Labute approximate surface area is 137 Å². The minimum Gasteiger partial charge on any atom is -0.344 e. The number of hydrogen-bond acceptors (Lipinski definition) is 2. The van der Waals surface area contributed by atoms with Crippen LogP contribution in [0.2, 0.25) is 0 Å². The van der Waals surface area contributed by atoms with Gasteiger partial charge >= 0.3 is 0 Å². The summed E-state index contributed by atoms with van der Waals surface area (Å²) in [4.78, 5) is 4.12. The predicted octanol–water partition coefficient (Wildman–Crippen LogP) is 3.62. The van der Waals surface area contributed by atoms with E-state index in [1.54, 1.807) is 0 Å². The highest BCUT2D eigenvalue weighted by Crippen LogP contribution is 2.30. The van der Waals surface area contributed by atoms with Gasteiger partial charge in [0.1, 0.15) is 0 Å². The second kappa shape index (κ2) is 5.82. The monoisotopic (exact) mass is 305 g/mol. The second-order valence-corrected chi connectivity index (χ2v) is 6.69. The molecule has 0 fully saturated rings. The standard InChI is InChI=1S/C20H23N3/c1-14-3-4-19-17(11-14)18-13-22-15(2)12-20(18)23(19)10-7-16-5-8-21-9-6-16/h3-6,8-9,11,15,22H,7,10,12-13H2,1-2H3. The topological polar surface area (TPSA) is 29.9 Å². The summed E-state index contributed by atoms with van der Waals surface area (Å²) in [7, 11) is 0. The number of pyridine rings is 1. The fourth-order valence-electron chi connectivity index (χ4n) is 3.71. The average molecular weight is 305 g/mol. The van der Waals surface area contributed by atoms with Crippen LogP contribution in [0.1, 0.15) is 29.3 Å². The molecule has 23 heavy (non-hydrogen) atoms. The van der Waals surface area contributed by atoms with Crippen LogP contribution in [0.4, 0.5) is 0 Å². The number of rotatable bonds is 3. The summed E-state index contributed by atoms with van der Waals surface area (Å²) >= 11 is 0. The Kier molecular flexibility index (Phi) is 3.66. The average Bonchev–Trinajstić information content (AvgIpc) is 2.86. The van der Waals surface area contributed by atoms with Crippen molar-refractivity contribution >= 4 is 10.9 Å². The quantitative estimate of drug-likeness (QED) is 0.801. The molecule has 3 heteroatoms. The highest BCUT2D eigenvalue weighted by atomic mass is 15.0. The summed E-state index contributed by atoms with van der Waals surface area (Å²) in [5.41, 5.74) is 7.09. The van der Waals surface area contributed by atoms with Crippen molar-refractivity contribution in [2.75, 3.05) is 0 Å². The molecule has 1 atom stereocenters. The molecule has 0 amide bonds. The fourth-order valence-corrected chi connectivity index (χ4v) is 3.71. The van der Waals surface area contributed by atoms with Crippen molar-refractivity contribution in [3.05, 3.63) is 65.1 Å². The van der Waals surface area contributed by atoms with E-state index in [9.17, 15) is 0 Å². The molecule has 1 aliphatic heterocycles. The maximum absolute atomic E-state index is 4.12. The van der Waals surface area contributed by atoms with Crippen LogP contribution in [0.15, 0.2) is 42.7 Å². The van der Waals surface area contributed by atoms with Crippen molar-refractivity contribution < 1.29 is 0 Å². The Hall–Kier alpha value is -2.13. The van der Waals surface area contributed by atoms with Crippen molar-refractivity contribution in [3.8, 4) is 0 Å². The van der Waals surface area contributed by atoms with Gasteiger partial charge in [0.25, 0.3) is 0 Å². The summed E-state index contributed by atoms with van der Waals surface area (Å²) in [5, 5.41) is 5.04. The van der Waals surface area contributed by atoms with Gasteiger partial charge < -0.3 is 9.88 Å². The molecule has 3 nitrogen and oxygen atoms in total. The van der Waals surface area contributed by atoms with Gasteiger partial charge in [-0.25, -0.2) is 0 Å². The number of benzene rings is 1. The Morgan fingerprint density at radius 1 is 1.22 bits per heavy atom. The van der Waals surface area contributed by atoms with Crippen molar-refractivity contribution in [1.29, 1.82) is 0 Å². The zero-order chi connectivity index (χ0) is 15.8. The number of hydrogen-bond donors (Lipinski definition) is 1. The largest absolute Gasteiger partial charge is 0.344 e. The van der Waals surface area contributed by atoms with E-state index in [4.69, 9.17) is 0 Å². The lowest BCUT2D eigenvalue weighted by Gasteiger charge is -2.23. The lowest BCUT2D eigenvalue weighted by Crippen LogP contribution is -2.33. The van der Waals surface area contributed by atoms with Crippen LogP contribution in [-0.4, -0.2) is 15.6 Å². The Bertz CT molecular complexity index is 833. The zero-order valence-electron chi connectivity index (χ0n) is 13.8. The van der Waals surface area contributed by atoms with Crippen LogP contribution >= 0.6 is 0 Å². The first-order valence-corrected chi connectivity index (χ1v) is 8.45. The van der Waals surface area contributed by atoms with Gasteiger partial charge in [-0.1, -0.05) is 11.6 Å². The van der Waals surface area contributed by atoms with Crippen LogP contribution in [0.3, 0.4) is 0 Å². The van der Waals surface area contributed by atoms with Crippen molar-refractivity contribution in [2.24, 2.45) is 0 Å². The molecule has 3 heterocycles. The Balaban J connectivity index is 1.77. The van der Waals surface area contributed by atoms with E-state index in [0.29, 0.717) is 6.04 Å². The highest BCUT2D eigenvalue weighted by molar-refractivity contribution is 5.86.